The molecule has 0 saturated carbocycles. The van der Waals surface area contributed by atoms with Gasteiger partial charge in [0.15, 0.2) is 0 Å². The number of amides is 2. The Bertz CT molecular complexity index is 577. The fourth-order valence-electron chi connectivity index (χ4n) is 1.34. The maximum Gasteiger partial charge on any atom is 0.338 e. The van der Waals surface area contributed by atoms with Crippen molar-refractivity contribution in [2.75, 3.05) is 5.32 Å². The third kappa shape index (κ3) is 3.72. The van der Waals surface area contributed by atoms with E-state index in [4.69, 9.17) is 16.6 Å². The molecule has 1 aromatic carbocycles. The van der Waals surface area contributed by atoms with Gasteiger partial charge in [-0.1, -0.05) is 0 Å². The Labute approximate surface area is 111 Å². The number of nitrogens with two attached hydrogens (primary N) is 2. The van der Waals surface area contributed by atoms with Gasteiger partial charge in [0.05, 0.1) is 23.7 Å². The van der Waals surface area contributed by atoms with E-state index in [1.165, 1.54) is 0 Å². The number of rotatable bonds is 5. The molecule has 0 bridgehead atoms. The highest BCUT2D eigenvalue weighted by molar-refractivity contribution is 5.98. The van der Waals surface area contributed by atoms with E-state index < -0.39 is 53.1 Å². The molecule has 6 N–H and O–H groups in total. The van der Waals surface area contributed by atoms with E-state index in [1.54, 1.807) is 0 Å². The minimum Gasteiger partial charge on any atom is -0.478 e. The van der Waals surface area contributed by atoms with Crippen LogP contribution in [-0.2, 0) is 9.59 Å². The SMILES string of the molecule is NC(=O)CC(N)C(=O)Nc1cc(C(=O)O)c(F)cc1F. The normalized spacial score (nSPS) is 11.8. The summed E-state index contributed by atoms with van der Waals surface area (Å²) in [6.45, 7) is 0. The molecule has 1 unspecified atom stereocenters. The van der Waals surface area contributed by atoms with Crippen LogP contribution in [0, 0.1) is 11.6 Å². The molecule has 0 aromatic heterocycles. The number of halogens is 2. The molecule has 1 rings (SSSR count). The first-order valence-corrected chi connectivity index (χ1v) is 5.29. The molecule has 0 fully saturated rings. The highest BCUT2D eigenvalue weighted by atomic mass is 19.1. The van der Waals surface area contributed by atoms with Crippen LogP contribution < -0.4 is 16.8 Å². The number of hydrogen-bond acceptors (Lipinski definition) is 4. The smallest absolute Gasteiger partial charge is 0.338 e. The van der Waals surface area contributed by atoms with Gasteiger partial charge in [-0.15, -0.1) is 0 Å². The van der Waals surface area contributed by atoms with Crippen molar-refractivity contribution in [3.8, 4) is 0 Å². The van der Waals surface area contributed by atoms with Gasteiger partial charge in [0, 0.05) is 6.07 Å². The molecule has 7 nitrogen and oxygen atoms in total. The molecule has 1 atom stereocenters. The summed E-state index contributed by atoms with van der Waals surface area (Å²) in [7, 11) is 0. The Kier molecular flexibility index (Phi) is 4.70. The standard InChI is InChI=1S/C11H11F2N3O4/c12-5-2-6(13)8(1-4(5)11(19)20)16-10(18)7(14)3-9(15)17/h1-2,7H,3,14H2,(H2,15,17)(H,16,18)(H,19,20). The molecule has 0 heterocycles. The minimum atomic E-state index is -1.63. The summed E-state index contributed by atoms with van der Waals surface area (Å²) in [5, 5.41) is 10.6. The minimum absolute atomic E-state index is 0.318. The third-order valence-electron chi connectivity index (χ3n) is 2.30. The number of aromatic carboxylic acids is 1. The number of anilines is 1. The second-order valence-electron chi connectivity index (χ2n) is 3.88. The van der Waals surface area contributed by atoms with Crippen LogP contribution in [0.5, 0.6) is 0 Å². The van der Waals surface area contributed by atoms with Crippen LogP contribution in [0.15, 0.2) is 12.1 Å². The first kappa shape index (κ1) is 15.5. The van der Waals surface area contributed by atoms with Crippen molar-refractivity contribution in [3.63, 3.8) is 0 Å². The molecule has 9 heteroatoms. The molecule has 0 aliphatic rings. The monoisotopic (exact) mass is 287 g/mol. The second-order valence-corrected chi connectivity index (χ2v) is 3.88. The second kappa shape index (κ2) is 6.06. The van der Waals surface area contributed by atoms with Crippen LogP contribution in [0.1, 0.15) is 16.8 Å². The fraction of sp³-hybridized carbons (Fsp3) is 0.182. The number of benzene rings is 1. The van der Waals surface area contributed by atoms with Gasteiger partial charge >= 0.3 is 5.97 Å². The van der Waals surface area contributed by atoms with E-state index in [1.807, 2.05) is 5.32 Å². The topological polar surface area (TPSA) is 136 Å². The number of carbonyl (C=O) groups excluding carboxylic acids is 2. The van der Waals surface area contributed by atoms with Crippen molar-refractivity contribution in [1.29, 1.82) is 0 Å². The zero-order valence-corrected chi connectivity index (χ0v) is 10.0. The van der Waals surface area contributed by atoms with E-state index in [0.717, 1.165) is 0 Å². The predicted molar refractivity (Wildman–Crippen MR) is 63.7 cm³/mol. The summed E-state index contributed by atoms with van der Waals surface area (Å²) in [5.41, 5.74) is 8.78. The van der Waals surface area contributed by atoms with Gasteiger partial charge in [-0.3, -0.25) is 9.59 Å². The number of carboxylic acids is 1. The Hall–Kier alpha value is -2.55. The van der Waals surface area contributed by atoms with Gasteiger partial charge in [0.2, 0.25) is 11.8 Å². The van der Waals surface area contributed by atoms with E-state index in [2.05, 4.69) is 0 Å². The summed E-state index contributed by atoms with van der Waals surface area (Å²) >= 11 is 0. The number of carboxylic acid groups (broad SMARTS) is 1. The van der Waals surface area contributed by atoms with Crippen molar-refractivity contribution < 1.29 is 28.3 Å². The lowest BCUT2D eigenvalue weighted by Gasteiger charge is -2.12. The Balaban J connectivity index is 2.97. The summed E-state index contributed by atoms with van der Waals surface area (Å²) < 4.78 is 26.5. The average molecular weight is 287 g/mol. The molecular weight excluding hydrogens is 276 g/mol. The van der Waals surface area contributed by atoms with E-state index in [9.17, 15) is 23.2 Å². The molecule has 0 aliphatic carbocycles. The lowest BCUT2D eigenvalue weighted by atomic mass is 10.1. The highest BCUT2D eigenvalue weighted by Crippen LogP contribution is 2.20. The molecular formula is C11H11F2N3O4. The lowest BCUT2D eigenvalue weighted by molar-refractivity contribution is -0.123. The third-order valence-corrected chi connectivity index (χ3v) is 2.30. The van der Waals surface area contributed by atoms with Gasteiger partial charge in [-0.2, -0.15) is 0 Å². The number of primary amides is 1. The summed E-state index contributed by atoms with van der Waals surface area (Å²) in [6.07, 6.45) is -0.472. The predicted octanol–water partition coefficient (Wildman–Crippen LogP) is -0.196. The zero-order valence-electron chi connectivity index (χ0n) is 10.0. The van der Waals surface area contributed by atoms with Gasteiger partial charge in [-0.05, 0) is 6.07 Å². The molecule has 1 aromatic rings. The van der Waals surface area contributed by atoms with Crippen LogP contribution in [0.25, 0.3) is 0 Å². The maximum atomic E-state index is 13.4. The Morgan fingerprint density at radius 1 is 1.25 bits per heavy atom. The quantitative estimate of drug-likeness (QED) is 0.595. The lowest BCUT2D eigenvalue weighted by Crippen LogP contribution is -2.39. The molecule has 2 amide bonds. The first-order chi connectivity index (χ1) is 9.22. The highest BCUT2D eigenvalue weighted by Gasteiger charge is 2.20. The first-order valence-electron chi connectivity index (χ1n) is 5.29. The van der Waals surface area contributed by atoms with Crippen molar-refractivity contribution in [1.82, 2.24) is 0 Å². The zero-order chi connectivity index (χ0) is 15.4. The number of nitrogens with one attached hydrogen (secondary N) is 1. The molecule has 20 heavy (non-hydrogen) atoms. The van der Waals surface area contributed by atoms with Gasteiger partial charge in [-0.25, -0.2) is 13.6 Å². The van der Waals surface area contributed by atoms with Crippen molar-refractivity contribution >= 4 is 23.5 Å². The average Bonchev–Trinajstić information content (AvgIpc) is 2.30. The van der Waals surface area contributed by atoms with Crippen LogP contribution in [-0.4, -0.2) is 28.9 Å². The number of carbonyl (C=O) groups is 3. The van der Waals surface area contributed by atoms with Crippen molar-refractivity contribution in [3.05, 3.63) is 29.3 Å². The molecule has 0 radical (unpaired) electrons. The van der Waals surface area contributed by atoms with E-state index >= 15 is 0 Å². The fourth-order valence-corrected chi connectivity index (χ4v) is 1.34. The largest absolute Gasteiger partial charge is 0.478 e. The Morgan fingerprint density at radius 3 is 2.35 bits per heavy atom. The Morgan fingerprint density at radius 2 is 1.85 bits per heavy atom. The van der Waals surface area contributed by atoms with Crippen LogP contribution in [0.2, 0.25) is 0 Å². The number of hydrogen-bond donors (Lipinski definition) is 4. The summed E-state index contributed by atoms with van der Waals surface area (Å²) in [6, 6.07) is -0.397. The van der Waals surface area contributed by atoms with E-state index in [-0.39, 0.29) is 0 Å². The van der Waals surface area contributed by atoms with Gasteiger partial charge in [0.1, 0.15) is 11.6 Å². The van der Waals surface area contributed by atoms with Gasteiger partial charge < -0.3 is 21.9 Å². The molecule has 108 valence electrons. The van der Waals surface area contributed by atoms with Crippen LogP contribution in [0.4, 0.5) is 14.5 Å². The van der Waals surface area contributed by atoms with Crippen LogP contribution >= 0.6 is 0 Å². The van der Waals surface area contributed by atoms with Crippen molar-refractivity contribution in [2.24, 2.45) is 11.5 Å². The molecule has 0 aliphatic heterocycles. The van der Waals surface area contributed by atoms with E-state index in [0.29, 0.717) is 12.1 Å². The summed E-state index contributed by atoms with van der Waals surface area (Å²) in [4.78, 5) is 32.8. The molecule has 0 saturated heterocycles. The molecule has 0 spiro atoms. The van der Waals surface area contributed by atoms with Gasteiger partial charge in [0.25, 0.3) is 0 Å². The maximum absolute atomic E-state index is 13.4. The van der Waals surface area contributed by atoms with Crippen molar-refractivity contribution in [2.45, 2.75) is 12.5 Å². The van der Waals surface area contributed by atoms with Crippen LogP contribution in [0.3, 0.4) is 0 Å². The summed E-state index contributed by atoms with van der Waals surface area (Å²) in [5.74, 6) is -5.87.